The Hall–Kier alpha value is -2.81. The van der Waals surface area contributed by atoms with Crippen molar-refractivity contribution >= 4 is 11.8 Å². The number of hydrogen-bond acceptors (Lipinski definition) is 4. The van der Waals surface area contributed by atoms with Crippen LogP contribution in [0.4, 0.5) is 8.78 Å². The second kappa shape index (κ2) is 7.10. The Morgan fingerprint density at radius 1 is 1.06 bits per heavy atom. The number of hydrogen-bond donors (Lipinski definition) is 0. The van der Waals surface area contributed by atoms with Gasteiger partial charge in [0.15, 0.2) is 5.60 Å². The fourth-order valence-electron chi connectivity index (χ4n) is 5.37. The third-order valence-corrected chi connectivity index (χ3v) is 7.20. The van der Waals surface area contributed by atoms with Gasteiger partial charge in [-0.1, -0.05) is 0 Å². The molecule has 1 aromatic carbocycles. The molecule has 2 atom stereocenters. The molecule has 168 valence electrons. The van der Waals surface area contributed by atoms with Gasteiger partial charge in [-0.15, -0.1) is 0 Å². The number of benzene rings is 1. The highest BCUT2D eigenvalue weighted by molar-refractivity contribution is 5.93. The molecule has 0 radical (unpaired) electrons. The van der Waals surface area contributed by atoms with E-state index >= 15 is 0 Å². The Bertz CT molecular complexity index is 1070. The van der Waals surface area contributed by atoms with Crippen molar-refractivity contribution in [3.8, 4) is 0 Å². The summed E-state index contributed by atoms with van der Waals surface area (Å²) in [6, 6.07) is 5.18. The van der Waals surface area contributed by atoms with Crippen molar-refractivity contribution in [3.05, 3.63) is 53.4 Å². The smallest absolute Gasteiger partial charge is 0.274 e. The van der Waals surface area contributed by atoms with Crippen LogP contribution >= 0.6 is 0 Å². The van der Waals surface area contributed by atoms with E-state index in [0.717, 1.165) is 18.9 Å². The van der Waals surface area contributed by atoms with Gasteiger partial charge in [0.2, 0.25) is 0 Å². The van der Waals surface area contributed by atoms with Gasteiger partial charge in [0.1, 0.15) is 23.6 Å². The van der Waals surface area contributed by atoms with E-state index in [-0.39, 0.29) is 11.8 Å². The fourth-order valence-corrected chi connectivity index (χ4v) is 5.37. The lowest BCUT2D eigenvalue weighted by Gasteiger charge is -2.37. The van der Waals surface area contributed by atoms with Crippen LogP contribution in [0.3, 0.4) is 0 Å². The highest BCUT2D eigenvalue weighted by Gasteiger charge is 2.58. The van der Waals surface area contributed by atoms with Crippen LogP contribution in [0.5, 0.6) is 0 Å². The average Bonchev–Trinajstić information content (AvgIpc) is 3.25. The fraction of sp³-hybridized carbons (Fsp3) is 0.522. The van der Waals surface area contributed by atoms with Crippen molar-refractivity contribution < 1.29 is 23.1 Å². The third kappa shape index (κ3) is 3.13. The molecule has 0 bridgehead atoms. The first-order valence-corrected chi connectivity index (χ1v) is 11.2. The van der Waals surface area contributed by atoms with Gasteiger partial charge in [-0.3, -0.25) is 14.3 Å². The van der Waals surface area contributed by atoms with E-state index in [4.69, 9.17) is 4.74 Å². The molecule has 4 fully saturated rings. The van der Waals surface area contributed by atoms with E-state index in [2.05, 4.69) is 5.10 Å². The second-order valence-corrected chi connectivity index (χ2v) is 9.28. The Morgan fingerprint density at radius 3 is 2.47 bits per heavy atom. The van der Waals surface area contributed by atoms with Gasteiger partial charge >= 0.3 is 0 Å². The zero-order valence-corrected chi connectivity index (χ0v) is 17.5. The summed E-state index contributed by atoms with van der Waals surface area (Å²) in [6.45, 7) is 0.807. The molecule has 3 aliphatic heterocycles. The molecule has 7 nitrogen and oxygen atoms in total. The molecule has 0 N–H and O–H groups in total. The van der Waals surface area contributed by atoms with E-state index < -0.39 is 29.5 Å². The van der Waals surface area contributed by atoms with Crippen LogP contribution in [-0.4, -0.2) is 56.3 Å². The number of carbonyl (C=O) groups is 2. The number of amides is 2. The molecule has 4 heterocycles. The SMILES string of the molecule is O=C(c1ccn(C2CC2)n1)N1CCC2(CC1)O[C@@H]1CC[C@@H](c3cc(F)cc(F)c3)N1C2=O. The number of likely N-dealkylation sites (tertiary alicyclic amines) is 1. The van der Waals surface area contributed by atoms with E-state index in [9.17, 15) is 18.4 Å². The number of piperidine rings is 1. The number of aromatic nitrogens is 2. The zero-order valence-electron chi connectivity index (χ0n) is 17.5. The lowest BCUT2D eigenvalue weighted by Crippen LogP contribution is -2.51. The Labute approximate surface area is 183 Å². The van der Waals surface area contributed by atoms with Crippen LogP contribution in [0.25, 0.3) is 0 Å². The summed E-state index contributed by atoms with van der Waals surface area (Å²) >= 11 is 0. The van der Waals surface area contributed by atoms with Crippen LogP contribution in [0.15, 0.2) is 30.5 Å². The molecule has 4 aliphatic rings. The van der Waals surface area contributed by atoms with E-state index in [0.29, 0.717) is 56.1 Å². The third-order valence-electron chi connectivity index (χ3n) is 7.20. The van der Waals surface area contributed by atoms with E-state index in [1.165, 1.54) is 12.1 Å². The number of rotatable bonds is 3. The number of halogens is 2. The van der Waals surface area contributed by atoms with Crippen molar-refractivity contribution in [3.63, 3.8) is 0 Å². The maximum atomic E-state index is 13.8. The lowest BCUT2D eigenvalue weighted by atomic mass is 9.89. The summed E-state index contributed by atoms with van der Waals surface area (Å²) in [5.74, 6) is -1.57. The van der Waals surface area contributed by atoms with Crippen LogP contribution < -0.4 is 0 Å². The minimum atomic E-state index is -0.973. The van der Waals surface area contributed by atoms with Gasteiger partial charge < -0.3 is 14.5 Å². The van der Waals surface area contributed by atoms with Crippen LogP contribution in [0, 0.1) is 11.6 Å². The number of nitrogens with zero attached hydrogens (tertiary/aromatic N) is 4. The van der Waals surface area contributed by atoms with Crippen molar-refractivity contribution in [2.75, 3.05) is 13.1 Å². The molecule has 6 rings (SSSR count). The van der Waals surface area contributed by atoms with Crippen LogP contribution in [0.2, 0.25) is 0 Å². The lowest BCUT2D eigenvalue weighted by molar-refractivity contribution is -0.142. The van der Waals surface area contributed by atoms with Gasteiger partial charge in [0.25, 0.3) is 11.8 Å². The topological polar surface area (TPSA) is 67.7 Å². The van der Waals surface area contributed by atoms with Crippen molar-refractivity contribution in [2.24, 2.45) is 0 Å². The maximum absolute atomic E-state index is 13.8. The van der Waals surface area contributed by atoms with Crippen molar-refractivity contribution in [2.45, 2.75) is 62.4 Å². The zero-order chi connectivity index (χ0) is 22.0. The predicted octanol–water partition coefficient (Wildman–Crippen LogP) is 3.19. The summed E-state index contributed by atoms with van der Waals surface area (Å²) < 4.78 is 35.6. The average molecular weight is 442 g/mol. The molecule has 2 amide bonds. The molecule has 1 aromatic heterocycles. The molecular weight excluding hydrogens is 418 g/mol. The summed E-state index contributed by atoms with van der Waals surface area (Å²) in [5, 5.41) is 4.41. The maximum Gasteiger partial charge on any atom is 0.274 e. The van der Waals surface area contributed by atoms with Gasteiger partial charge in [-0.2, -0.15) is 5.10 Å². The van der Waals surface area contributed by atoms with Gasteiger partial charge in [-0.05, 0) is 49.4 Å². The first-order valence-electron chi connectivity index (χ1n) is 11.2. The molecule has 1 spiro atoms. The molecular formula is C23H24F2N4O3. The highest BCUT2D eigenvalue weighted by Crippen LogP contribution is 2.47. The summed E-state index contributed by atoms with van der Waals surface area (Å²) in [6.07, 6.45) is 5.68. The number of carbonyl (C=O) groups excluding carboxylic acids is 2. The van der Waals surface area contributed by atoms with Crippen LogP contribution in [0.1, 0.15) is 66.7 Å². The Morgan fingerprint density at radius 2 is 1.78 bits per heavy atom. The minimum Gasteiger partial charge on any atom is -0.342 e. The molecule has 3 saturated heterocycles. The van der Waals surface area contributed by atoms with Gasteiger partial charge in [0, 0.05) is 38.2 Å². The van der Waals surface area contributed by atoms with Crippen molar-refractivity contribution in [1.82, 2.24) is 19.6 Å². The largest absolute Gasteiger partial charge is 0.342 e. The standard InChI is InChI=1S/C23H24F2N4O3/c24-15-11-14(12-16(25)13-15)19-3-4-20-29(19)22(31)23(32-20)6-9-27(10-7-23)21(30)18-5-8-28(26-18)17-1-2-17/h5,8,11-13,17,19-20H,1-4,6-7,9-10H2/t19-,20+/m0/s1. The summed E-state index contributed by atoms with van der Waals surface area (Å²) in [4.78, 5) is 29.7. The van der Waals surface area contributed by atoms with E-state index in [1.807, 2.05) is 10.9 Å². The van der Waals surface area contributed by atoms with Gasteiger partial charge in [0.05, 0.1) is 12.1 Å². The predicted molar refractivity (Wildman–Crippen MR) is 108 cm³/mol. The molecule has 2 aromatic rings. The quantitative estimate of drug-likeness (QED) is 0.732. The molecule has 0 unspecified atom stereocenters. The minimum absolute atomic E-state index is 0.127. The molecule has 32 heavy (non-hydrogen) atoms. The first kappa shape index (κ1) is 19.8. The Balaban J connectivity index is 1.16. The number of ether oxygens (including phenoxy) is 1. The van der Waals surface area contributed by atoms with Gasteiger partial charge in [-0.25, -0.2) is 8.78 Å². The van der Waals surface area contributed by atoms with Crippen molar-refractivity contribution in [1.29, 1.82) is 0 Å². The molecule has 1 aliphatic carbocycles. The monoisotopic (exact) mass is 442 g/mol. The molecule has 9 heteroatoms. The highest BCUT2D eigenvalue weighted by atomic mass is 19.1. The normalized spacial score (nSPS) is 26.8. The number of fused-ring (bicyclic) bond motifs is 1. The second-order valence-electron chi connectivity index (χ2n) is 9.28. The summed E-state index contributed by atoms with van der Waals surface area (Å²) in [5.41, 5.74) is -0.0856. The van der Waals surface area contributed by atoms with Crippen LogP contribution in [-0.2, 0) is 9.53 Å². The molecule has 1 saturated carbocycles. The van der Waals surface area contributed by atoms with E-state index in [1.54, 1.807) is 15.9 Å². The first-order chi connectivity index (χ1) is 15.4. The Kier molecular flexibility index (Phi) is 4.40. The summed E-state index contributed by atoms with van der Waals surface area (Å²) in [7, 11) is 0.